The first-order valence-corrected chi connectivity index (χ1v) is 6.29. The minimum Gasteiger partial charge on any atom is -0.484 e. The Hall–Kier alpha value is -1.87. The fourth-order valence-corrected chi connectivity index (χ4v) is 1.89. The zero-order chi connectivity index (χ0) is 13.8. The summed E-state index contributed by atoms with van der Waals surface area (Å²) in [5.74, 6) is 0.405. The molecule has 0 aliphatic carbocycles. The van der Waals surface area contributed by atoms with E-state index in [-0.39, 0.29) is 11.9 Å². The van der Waals surface area contributed by atoms with Crippen molar-refractivity contribution in [1.82, 2.24) is 0 Å². The predicted octanol–water partition coefficient (Wildman–Crippen LogP) is 3.52. The van der Waals surface area contributed by atoms with Gasteiger partial charge < -0.3 is 10.5 Å². The average Bonchev–Trinajstić information content (AvgIpc) is 2.41. The third-order valence-electron chi connectivity index (χ3n) is 3.07. The van der Waals surface area contributed by atoms with E-state index in [1.54, 1.807) is 19.1 Å². The summed E-state index contributed by atoms with van der Waals surface area (Å²) in [7, 11) is 0. The molecule has 0 bridgehead atoms. The molecule has 1 atom stereocenters. The third-order valence-corrected chi connectivity index (χ3v) is 3.07. The predicted molar refractivity (Wildman–Crippen MR) is 74.7 cm³/mol. The summed E-state index contributed by atoms with van der Waals surface area (Å²) in [6.07, 6.45) is -0.217. The first-order chi connectivity index (χ1) is 9.10. The minimum absolute atomic E-state index is 0.217. The fourth-order valence-electron chi connectivity index (χ4n) is 1.89. The van der Waals surface area contributed by atoms with Gasteiger partial charge in [-0.3, -0.25) is 0 Å². The quantitative estimate of drug-likeness (QED) is 0.911. The van der Waals surface area contributed by atoms with Crippen molar-refractivity contribution in [2.24, 2.45) is 5.73 Å². The Morgan fingerprint density at radius 2 is 1.79 bits per heavy atom. The van der Waals surface area contributed by atoms with Gasteiger partial charge in [0.15, 0.2) is 0 Å². The van der Waals surface area contributed by atoms with Crippen molar-refractivity contribution in [3.8, 4) is 5.75 Å². The van der Waals surface area contributed by atoms with Crippen molar-refractivity contribution in [2.45, 2.75) is 20.0 Å². The molecule has 2 rings (SSSR count). The lowest BCUT2D eigenvalue weighted by Gasteiger charge is -2.18. The molecule has 2 N–H and O–H groups in total. The van der Waals surface area contributed by atoms with Gasteiger partial charge in [0.2, 0.25) is 0 Å². The monoisotopic (exact) mass is 259 g/mol. The Morgan fingerprint density at radius 3 is 2.37 bits per heavy atom. The summed E-state index contributed by atoms with van der Waals surface area (Å²) < 4.78 is 19.0. The summed E-state index contributed by atoms with van der Waals surface area (Å²) >= 11 is 0. The van der Waals surface area contributed by atoms with E-state index in [0.717, 1.165) is 5.56 Å². The van der Waals surface area contributed by atoms with Crippen LogP contribution in [-0.2, 0) is 0 Å². The highest BCUT2D eigenvalue weighted by Crippen LogP contribution is 2.23. The number of halogens is 1. The number of ether oxygens (including phenoxy) is 1. The van der Waals surface area contributed by atoms with E-state index in [0.29, 0.717) is 17.9 Å². The van der Waals surface area contributed by atoms with Crippen molar-refractivity contribution in [3.05, 3.63) is 65.0 Å². The zero-order valence-electron chi connectivity index (χ0n) is 11.2. The maximum absolute atomic E-state index is 13.2. The molecule has 2 aromatic carbocycles. The molecule has 0 saturated heterocycles. The Kier molecular flexibility index (Phi) is 4.17. The molecule has 0 fully saturated rings. The highest BCUT2D eigenvalue weighted by molar-refractivity contribution is 5.30. The number of hydrogen-bond donors (Lipinski definition) is 1. The zero-order valence-corrected chi connectivity index (χ0v) is 11.2. The normalized spacial score (nSPS) is 12.2. The molecule has 1 unspecified atom stereocenters. The van der Waals surface area contributed by atoms with Crippen LogP contribution in [-0.4, -0.2) is 6.54 Å². The van der Waals surface area contributed by atoms with Gasteiger partial charge in [0.05, 0.1) is 0 Å². The van der Waals surface area contributed by atoms with E-state index >= 15 is 0 Å². The van der Waals surface area contributed by atoms with Crippen LogP contribution in [0.4, 0.5) is 4.39 Å². The second kappa shape index (κ2) is 5.85. The average molecular weight is 259 g/mol. The lowest BCUT2D eigenvalue weighted by molar-refractivity contribution is 0.214. The minimum atomic E-state index is -0.230. The molecule has 0 saturated carbocycles. The first kappa shape index (κ1) is 13.6. The van der Waals surface area contributed by atoms with E-state index in [1.165, 1.54) is 11.6 Å². The number of aryl methyl sites for hydroxylation is 2. The van der Waals surface area contributed by atoms with E-state index in [4.69, 9.17) is 10.5 Å². The second-order valence-corrected chi connectivity index (χ2v) is 4.66. The summed E-state index contributed by atoms with van der Waals surface area (Å²) in [4.78, 5) is 0. The van der Waals surface area contributed by atoms with Crippen molar-refractivity contribution in [1.29, 1.82) is 0 Å². The summed E-state index contributed by atoms with van der Waals surface area (Å²) in [6, 6.07) is 12.8. The molecule has 2 nitrogen and oxygen atoms in total. The summed E-state index contributed by atoms with van der Waals surface area (Å²) in [5.41, 5.74) is 8.54. The molecular weight excluding hydrogens is 241 g/mol. The molecule has 100 valence electrons. The molecule has 0 amide bonds. The Balaban J connectivity index is 2.18. The third kappa shape index (κ3) is 3.32. The molecule has 3 heteroatoms. The molecule has 2 aromatic rings. The topological polar surface area (TPSA) is 35.2 Å². The van der Waals surface area contributed by atoms with Gasteiger partial charge in [-0.25, -0.2) is 4.39 Å². The van der Waals surface area contributed by atoms with Crippen molar-refractivity contribution >= 4 is 0 Å². The van der Waals surface area contributed by atoms with Gasteiger partial charge in [0.25, 0.3) is 0 Å². The van der Waals surface area contributed by atoms with E-state index in [9.17, 15) is 4.39 Å². The van der Waals surface area contributed by atoms with Gasteiger partial charge >= 0.3 is 0 Å². The van der Waals surface area contributed by atoms with Gasteiger partial charge in [-0.2, -0.15) is 0 Å². The standard InChI is InChI=1S/C16H18FNO/c1-11-3-5-13(6-4-11)16(10-18)19-14-7-8-15(17)12(2)9-14/h3-9,16H,10,18H2,1-2H3. The van der Waals surface area contributed by atoms with Crippen LogP contribution in [0, 0.1) is 19.7 Å². The lowest BCUT2D eigenvalue weighted by Crippen LogP contribution is -2.18. The van der Waals surface area contributed by atoms with E-state index in [2.05, 4.69) is 0 Å². The van der Waals surface area contributed by atoms with Crippen LogP contribution in [0.1, 0.15) is 22.8 Å². The second-order valence-electron chi connectivity index (χ2n) is 4.66. The van der Waals surface area contributed by atoms with Crippen LogP contribution >= 0.6 is 0 Å². The van der Waals surface area contributed by atoms with Gasteiger partial charge in [0, 0.05) is 6.54 Å². The first-order valence-electron chi connectivity index (χ1n) is 6.29. The van der Waals surface area contributed by atoms with Crippen LogP contribution in [0.3, 0.4) is 0 Å². The SMILES string of the molecule is Cc1ccc(C(CN)Oc2ccc(F)c(C)c2)cc1. The number of hydrogen-bond acceptors (Lipinski definition) is 2. The Morgan fingerprint density at radius 1 is 1.11 bits per heavy atom. The molecule has 0 heterocycles. The van der Waals surface area contributed by atoms with Crippen LogP contribution < -0.4 is 10.5 Å². The summed E-state index contributed by atoms with van der Waals surface area (Å²) in [5, 5.41) is 0. The van der Waals surface area contributed by atoms with Crippen molar-refractivity contribution in [2.75, 3.05) is 6.54 Å². The highest BCUT2D eigenvalue weighted by atomic mass is 19.1. The van der Waals surface area contributed by atoms with Crippen molar-refractivity contribution < 1.29 is 9.13 Å². The van der Waals surface area contributed by atoms with Crippen LogP contribution in [0.25, 0.3) is 0 Å². The molecule has 0 spiro atoms. The fraction of sp³-hybridized carbons (Fsp3) is 0.250. The van der Waals surface area contributed by atoms with Crippen molar-refractivity contribution in [3.63, 3.8) is 0 Å². The Labute approximate surface area is 113 Å². The molecule has 0 radical (unpaired) electrons. The maximum Gasteiger partial charge on any atom is 0.136 e. The number of rotatable bonds is 4. The Bertz CT molecular complexity index is 551. The molecule has 0 aliphatic heterocycles. The molecule has 19 heavy (non-hydrogen) atoms. The number of benzene rings is 2. The smallest absolute Gasteiger partial charge is 0.136 e. The highest BCUT2D eigenvalue weighted by Gasteiger charge is 2.12. The van der Waals surface area contributed by atoms with Gasteiger partial charge in [-0.05, 0) is 43.2 Å². The maximum atomic E-state index is 13.2. The van der Waals surface area contributed by atoms with Gasteiger partial charge in [-0.1, -0.05) is 29.8 Å². The van der Waals surface area contributed by atoms with Crippen LogP contribution in [0.5, 0.6) is 5.75 Å². The molecule has 0 aliphatic rings. The van der Waals surface area contributed by atoms with Crippen LogP contribution in [0.2, 0.25) is 0 Å². The molecule has 0 aromatic heterocycles. The molecular formula is C16H18FNO. The van der Waals surface area contributed by atoms with Gasteiger partial charge in [-0.15, -0.1) is 0 Å². The number of nitrogens with two attached hydrogens (primary N) is 1. The van der Waals surface area contributed by atoms with Crippen LogP contribution in [0.15, 0.2) is 42.5 Å². The lowest BCUT2D eigenvalue weighted by atomic mass is 10.1. The summed E-state index contributed by atoms with van der Waals surface area (Å²) in [6.45, 7) is 4.12. The van der Waals surface area contributed by atoms with E-state index < -0.39 is 0 Å². The van der Waals surface area contributed by atoms with E-state index in [1.807, 2.05) is 31.2 Å². The van der Waals surface area contributed by atoms with Gasteiger partial charge in [0.1, 0.15) is 17.7 Å². The largest absolute Gasteiger partial charge is 0.484 e.